The number of carbonyl (C=O) groups excluding carboxylic acids is 1. The number of hydrogen-bond acceptors (Lipinski definition) is 4. The Morgan fingerprint density at radius 2 is 1.94 bits per heavy atom. The molecule has 0 saturated heterocycles. The summed E-state index contributed by atoms with van der Waals surface area (Å²) in [6.07, 6.45) is 6.59. The van der Waals surface area contributed by atoms with Crippen LogP contribution in [0.15, 0.2) is 6.33 Å². The molecule has 98 valence electrons. The summed E-state index contributed by atoms with van der Waals surface area (Å²) in [5.74, 6) is 1.82. The minimum absolute atomic E-state index is 0.138. The predicted octanol–water partition coefficient (Wildman–Crippen LogP) is 0.509. The number of hydrogen-bond donors (Lipinski definition) is 1. The molecule has 0 atom stereocenters. The highest BCUT2D eigenvalue weighted by atomic mass is 16.2. The number of rotatable bonds is 6. The van der Waals surface area contributed by atoms with E-state index in [1.54, 1.807) is 0 Å². The monoisotopic (exact) mass is 249 g/mol. The number of aromatic nitrogens is 3. The zero-order valence-corrected chi connectivity index (χ0v) is 10.5. The molecule has 2 N–H and O–H groups in total. The SMILES string of the molecule is Nc1ncn(CC(=O)N(CC2CC2)CC2CC2)n1. The summed E-state index contributed by atoms with van der Waals surface area (Å²) in [4.78, 5) is 18.1. The van der Waals surface area contributed by atoms with Gasteiger partial charge in [0.05, 0.1) is 0 Å². The van der Waals surface area contributed by atoms with Crippen LogP contribution in [0.5, 0.6) is 0 Å². The predicted molar refractivity (Wildman–Crippen MR) is 66.5 cm³/mol. The third kappa shape index (κ3) is 3.00. The molecule has 2 saturated carbocycles. The number of anilines is 1. The van der Waals surface area contributed by atoms with Crippen LogP contribution in [0.3, 0.4) is 0 Å². The van der Waals surface area contributed by atoms with Gasteiger partial charge in [0.2, 0.25) is 11.9 Å². The van der Waals surface area contributed by atoms with Crippen molar-refractivity contribution in [2.24, 2.45) is 11.8 Å². The highest BCUT2D eigenvalue weighted by molar-refractivity contribution is 5.76. The number of carbonyl (C=O) groups is 1. The molecule has 0 spiro atoms. The molecular formula is C12H19N5O. The summed E-state index contributed by atoms with van der Waals surface area (Å²) < 4.78 is 1.52. The van der Waals surface area contributed by atoms with Gasteiger partial charge in [-0.2, -0.15) is 0 Å². The van der Waals surface area contributed by atoms with Crippen LogP contribution in [0.25, 0.3) is 0 Å². The van der Waals surface area contributed by atoms with E-state index < -0.39 is 0 Å². The summed E-state index contributed by atoms with van der Waals surface area (Å²) in [7, 11) is 0. The van der Waals surface area contributed by atoms with E-state index in [1.165, 1.54) is 36.7 Å². The quantitative estimate of drug-likeness (QED) is 0.797. The van der Waals surface area contributed by atoms with Crippen LogP contribution in [0.4, 0.5) is 5.95 Å². The van der Waals surface area contributed by atoms with E-state index in [4.69, 9.17) is 5.73 Å². The van der Waals surface area contributed by atoms with Gasteiger partial charge < -0.3 is 10.6 Å². The topological polar surface area (TPSA) is 77.0 Å². The molecule has 3 rings (SSSR count). The number of nitrogen functional groups attached to an aromatic ring is 1. The fraction of sp³-hybridized carbons (Fsp3) is 0.750. The number of nitrogens with two attached hydrogens (primary N) is 1. The molecule has 0 bridgehead atoms. The second-order valence-electron chi connectivity index (χ2n) is 5.49. The van der Waals surface area contributed by atoms with E-state index in [9.17, 15) is 4.79 Å². The van der Waals surface area contributed by atoms with E-state index in [0.29, 0.717) is 0 Å². The van der Waals surface area contributed by atoms with E-state index in [2.05, 4.69) is 10.1 Å². The Morgan fingerprint density at radius 1 is 1.33 bits per heavy atom. The summed E-state index contributed by atoms with van der Waals surface area (Å²) >= 11 is 0. The Kier molecular flexibility index (Phi) is 2.93. The molecule has 2 fully saturated rings. The standard InChI is InChI=1S/C12H19N5O/c13-12-14-8-17(15-12)7-11(18)16(5-9-1-2-9)6-10-3-4-10/h8-10H,1-7H2,(H2,13,15). The van der Waals surface area contributed by atoms with Crippen molar-refractivity contribution in [1.82, 2.24) is 19.7 Å². The summed E-state index contributed by atoms with van der Waals surface area (Å²) in [6.45, 7) is 2.09. The number of amides is 1. The molecule has 6 heteroatoms. The smallest absolute Gasteiger partial charge is 0.244 e. The Bertz CT molecular complexity index is 421. The fourth-order valence-corrected chi connectivity index (χ4v) is 2.13. The lowest BCUT2D eigenvalue weighted by Gasteiger charge is -2.22. The van der Waals surface area contributed by atoms with Crippen molar-refractivity contribution in [3.05, 3.63) is 6.33 Å². The highest BCUT2D eigenvalue weighted by Gasteiger charge is 2.31. The van der Waals surface area contributed by atoms with Gasteiger partial charge in [-0.15, -0.1) is 5.10 Å². The maximum absolute atomic E-state index is 12.2. The maximum Gasteiger partial charge on any atom is 0.244 e. The minimum atomic E-state index is 0.138. The lowest BCUT2D eigenvalue weighted by atomic mass is 10.3. The maximum atomic E-state index is 12.2. The van der Waals surface area contributed by atoms with Crippen molar-refractivity contribution in [3.8, 4) is 0 Å². The molecule has 1 heterocycles. The molecule has 1 aromatic rings. The molecule has 0 unspecified atom stereocenters. The first-order valence-electron chi connectivity index (χ1n) is 6.63. The van der Waals surface area contributed by atoms with Crippen molar-refractivity contribution in [1.29, 1.82) is 0 Å². The average molecular weight is 249 g/mol. The van der Waals surface area contributed by atoms with Gasteiger partial charge >= 0.3 is 0 Å². The third-order valence-electron chi connectivity index (χ3n) is 3.56. The van der Waals surface area contributed by atoms with Crippen LogP contribution >= 0.6 is 0 Å². The van der Waals surface area contributed by atoms with Crippen LogP contribution in [0, 0.1) is 11.8 Å². The van der Waals surface area contributed by atoms with Gasteiger partial charge in [-0.3, -0.25) is 4.79 Å². The van der Waals surface area contributed by atoms with Gasteiger partial charge in [-0.1, -0.05) is 0 Å². The van der Waals surface area contributed by atoms with Gasteiger partial charge in [0.1, 0.15) is 12.9 Å². The number of nitrogens with zero attached hydrogens (tertiary/aromatic N) is 4. The van der Waals surface area contributed by atoms with Crippen molar-refractivity contribution in [3.63, 3.8) is 0 Å². The molecule has 2 aliphatic rings. The molecular weight excluding hydrogens is 230 g/mol. The second-order valence-corrected chi connectivity index (χ2v) is 5.49. The van der Waals surface area contributed by atoms with Crippen LogP contribution in [-0.4, -0.2) is 38.7 Å². The van der Waals surface area contributed by atoms with E-state index in [1.807, 2.05) is 4.90 Å². The van der Waals surface area contributed by atoms with Gasteiger partial charge in [-0.05, 0) is 37.5 Å². The van der Waals surface area contributed by atoms with Crippen LogP contribution in [-0.2, 0) is 11.3 Å². The molecule has 6 nitrogen and oxygen atoms in total. The van der Waals surface area contributed by atoms with Crippen LogP contribution in [0.2, 0.25) is 0 Å². The third-order valence-corrected chi connectivity index (χ3v) is 3.56. The van der Waals surface area contributed by atoms with Crippen LogP contribution in [0.1, 0.15) is 25.7 Å². The average Bonchev–Trinajstić information content (AvgIpc) is 3.23. The zero-order chi connectivity index (χ0) is 12.5. The Morgan fingerprint density at radius 3 is 2.39 bits per heavy atom. The van der Waals surface area contributed by atoms with Gasteiger partial charge in [0.15, 0.2) is 0 Å². The highest BCUT2D eigenvalue weighted by Crippen LogP contribution is 2.33. The lowest BCUT2D eigenvalue weighted by Crippen LogP contribution is -2.37. The van der Waals surface area contributed by atoms with Crippen molar-refractivity contribution < 1.29 is 4.79 Å². The molecule has 18 heavy (non-hydrogen) atoms. The molecule has 1 amide bonds. The van der Waals surface area contributed by atoms with E-state index in [0.717, 1.165) is 24.9 Å². The Labute approximate surface area is 106 Å². The van der Waals surface area contributed by atoms with Gasteiger partial charge in [-0.25, -0.2) is 9.67 Å². The Hall–Kier alpha value is -1.59. The minimum Gasteiger partial charge on any atom is -0.367 e. The van der Waals surface area contributed by atoms with Crippen molar-refractivity contribution in [2.45, 2.75) is 32.2 Å². The van der Waals surface area contributed by atoms with Crippen molar-refractivity contribution in [2.75, 3.05) is 18.8 Å². The lowest BCUT2D eigenvalue weighted by molar-refractivity contribution is -0.132. The first-order valence-corrected chi connectivity index (χ1v) is 6.63. The molecule has 2 aliphatic carbocycles. The summed E-state index contributed by atoms with van der Waals surface area (Å²) in [6, 6.07) is 0. The Balaban J connectivity index is 1.58. The largest absolute Gasteiger partial charge is 0.367 e. The van der Waals surface area contributed by atoms with Gasteiger partial charge in [0, 0.05) is 13.1 Å². The molecule has 0 radical (unpaired) electrons. The molecule has 1 aromatic heterocycles. The van der Waals surface area contributed by atoms with Crippen molar-refractivity contribution >= 4 is 11.9 Å². The van der Waals surface area contributed by atoms with Gasteiger partial charge in [0.25, 0.3) is 0 Å². The molecule has 0 aromatic carbocycles. The summed E-state index contributed by atoms with van der Waals surface area (Å²) in [5, 5.41) is 3.96. The molecule has 0 aliphatic heterocycles. The van der Waals surface area contributed by atoms with E-state index >= 15 is 0 Å². The van der Waals surface area contributed by atoms with Crippen LogP contribution < -0.4 is 5.73 Å². The normalized spacial score (nSPS) is 18.9. The zero-order valence-electron chi connectivity index (χ0n) is 10.5. The first kappa shape index (κ1) is 11.5. The summed E-state index contributed by atoms with van der Waals surface area (Å²) in [5.41, 5.74) is 5.44. The first-order chi connectivity index (χ1) is 8.70. The second kappa shape index (κ2) is 4.59. The van der Waals surface area contributed by atoms with E-state index in [-0.39, 0.29) is 18.4 Å². The fourth-order valence-electron chi connectivity index (χ4n) is 2.13.